The lowest BCUT2D eigenvalue weighted by Crippen LogP contribution is -2.58. The van der Waals surface area contributed by atoms with E-state index in [1.54, 1.807) is 20.1 Å². The molecule has 0 heterocycles. The number of carboxylic acid groups (broad SMARTS) is 1. The van der Waals surface area contributed by atoms with Gasteiger partial charge in [-0.2, -0.15) is 11.8 Å². The smallest absolute Gasteiger partial charge is 0.326 e. The third kappa shape index (κ3) is 10.9. The van der Waals surface area contributed by atoms with Gasteiger partial charge < -0.3 is 38.3 Å². The van der Waals surface area contributed by atoms with E-state index in [-0.39, 0.29) is 6.42 Å². The minimum atomic E-state index is -1.46. The van der Waals surface area contributed by atoms with E-state index in [0.29, 0.717) is 5.75 Å². The molecule has 13 nitrogen and oxygen atoms in total. The highest BCUT2D eigenvalue weighted by atomic mass is 32.2. The molecule has 0 aromatic rings. The molecule has 0 bridgehead atoms. The van der Waals surface area contributed by atoms with Gasteiger partial charge in [-0.3, -0.25) is 24.0 Å². The van der Waals surface area contributed by atoms with Crippen LogP contribution in [0, 0.1) is 5.92 Å². The first-order valence-electron chi connectivity index (χ1n) is 9.75. The van der Waals surface area contributed by atoms with Gasteiger partial charge in [-0.15, -0.1) is 0 Å². The lowest BCUT2D eigenvalue weighted by Gasteiger charge is -2.25. The molecule has 0 aliphatic rings. The van der Waals surface area contributed by atoms with Crippen molar-refractivity contribution in [1.82, 2.24) is 16.0 Å². The van der Waals surface area contributed by atoms with E-state index < -0.39 is 78.4 Å². The number of thioether (sulfide) groups is 1. The summed E-state index contributed by atoms with van der Waals surface area (Å²) in [6.45, 7) is 3.15. The average Bonchev–Trinajstić information content (AvgIpc) is 2.66. The Kier molecular flexibility index (Phi) is 13.0. The van der Waals surface area contributed by atoms with Crippen molar-refractivity contribution >= 4 is 47.3 Å². The highest BCUT2D eigenvalue weighted by Gasteiger charge is 2.32. The van der Waals surface area contributed by atoms with Gasteiger partial charge in [0.1, 0.15) is 18.1 Å². The van der Waals surface area contributed by atoms with Crippen molar-refractivity contribution < 1.29 is 33.9 Å². The van der Waals surface area contributed by atoms with Gasteiger partial charge in [0.2, 0.25) is 29.5 Å². The Hall–Kier alpha value is -2.87. The van der Waals surface area contributed by atoms with Crippen molar-refractivity contribution in [3.8, 4) is 0 Å². The molecule has 4 atom stereocenters. The molecule has 0 aliphatic heterocycles. The fourth-order valence-electron chi connectivity index (χ4n) is 2.54. The number of hydrogen-bond acceptors (Lipinski definition) is 8. The van der Waals surface area contributed by atoms with Crippen molar-refractivity contribution in [1.29, 1.82) is 0 Å². The van der Waals surface area contributed by atoms with Crippen molar-refractivity contribution in [2.24, 2.45) is 23.1 Å². The van der Waals surface area contributed by atoms with Gasteiger partial charge in [-0.1, -0.05) is 13.8 Å². The Bertz CT molecular complexity index is 718. The Labute approximate surface area is 189 Å². The Balaban J connectivity index is 5.48. The van der Waals surface area contributed by atoms with Gasteiger partial charge in [0, 0.05) is 0 Å². The van der Waals surface area contributed by atoms with Gasteiger partial charge in [-0.05, 0) is 24.3 Å². The first-order chi connectivity index (χ1) is 14.8. The van der Waals surface area contributed by atoms with Crippen LogP contribution in [-0.4, -0.2) is 76.8 Å². The lowest BCUT2D eigenvalue weighted by atomic mass is 10.0. The third-order valence-corrected chi connectivity index (χ3v) is 4.91. The first kappa shape index (κ1) is 29.1. The molecule has 10 N–H and O–H groups in total. The van der Waals surface area contributed by atoms with Gasteiger partial charge in [0.25, 0.3) is 0 Å². The zero-order chi connectivity index (χ0) is 25.0. The van der Waals surface area contributed by atoms with Crippen LogP contribution in [0.5, 0.6) is 0 Å². The number of hydrogen-bond donors (Lipinski definition) is 7. The standard InChI is InChI=1S/C18H32N6O7S/c1-8(2)14(18(30)31)24-17(29)11(7-13(21)26)23-16(28)10(4-5-32-3)22-15(27)9(19)6-12(20)25/h8-11,14H,4-7,19H2,1-3H3,(H2,20,25)(H2,21,26)(H,22,27)(H,23,28)(H,24,29)(H,30,31). The number of carbonyl (C=O) groups is 6. The van der Waals surface area contributed by atoms with E-state index in [4.69, 9.17) is 17.2 Å². The van der Waals surface area contributed by atoms with Crippen molar-refractivity contribution in [2.75, 3.05) is 12.0 Å². The van der Waals surface area contributed by atoms with Gasteiger partial charge in [0.15, 0.2) is 0 Å². The summed E-state index contributed by atoms with van der Waals surface area (Å²) in [4.78, 5) is 71.2. The molecule has 0 radical (unpaired) electrons. The molecule has 0 fully saturated rings. The number of nitrogens with one attached hydrogen (secondary N) is 3. The maximum atomic E-state index is 12.8. The van der Waals surface area contributed by atoms with Crippen LogP contribution in [0.4, 0.5) is 0 Å². The summed E-state index contributed by atoms with van der Waals surface area (Å²) >= 11 is 1.39. The number of aliphatic carboxylic acids is 1. The minimum Gasteiger partial charge on any atom is -0.480 e. The monoisotopic (exact) mass is 476 g/mol. The van der Waals surface area contributed by atoms with Crippen LogP contribution in [0.2, 0.25) is 0 Å². The molecule has 32 heavy (non-hydrogen) atoms. The fourth-order valence-corrected chi connectivity index (χ4v) is 3.01. The topological polar surface area (TPSA) is 237 Å². The van der Waals surface area contributed by atoms with Crippen LogP contribution < -0.4 is 33.2 Å². The first-order valence-corrected chi connectivity index (χ1v) is 11.1. The van der Waals surface area contributed by atoms with Crippen LogP contribution in [0.1, 0.15) is 33.1 Å². The van der Waals surface area contributed by atoms with Gasteiger partial charge in [-0.25, -0.2) is 4.79 Å². The number of primary amides is 2. The Morgan fingerprint density at radius 2 is 1.34 bits per heavy atom. The van der Waals surface area contributed by atoms with E-state index in [2.05, 4.69) is 16.0 Å². The summed E-state index contributed by atoms with van der Waals surface area (Å²) in [7, 11) is 0. The maximum Gasteiger partial charge on any atom is 0.326 e. The third-order valence-electron chi connectivity index (χ3n) is 4.27. The zero-order valence-corrected chi connectivity index (χ0v) is 19.1. The van der Waals surface area contributed by atoms with Gasteiger partial charge >= 0.3 is 5.97 Å². The minimum absolute atomic E-state index is 0.149. The van der Waals surface area contributed by atoms with E-state index in [1.807, 2.05) is 0 Å². The van der Waals surface area contributed by atoms with Crippen LogP contribution in [0.15, 0.2) is 0 Å². The molecular weight excluding hydrogens is 444 g/mol. The maximum absolute atomic E-state index is 12.8. The predicted molar refractivity (Wildman–Crippen MR) is 117 cm³/mol. The molecule has 0 saturated carbocycles. The molecule has 0 rings (SSSR count). The van der Waals surface area contributed by atoms with Crippen molar-refractivity contribution in [3.63, 3.8) is 0 Å². The summed E-state index contributed by atoms with van der Waals surface area (Å²) in [5.41, 5.74) is 15.8. The van der Waals surface area contributed by atoms with Crippen LogP contribution in [0.3, 0.4) is 0 Å². The molecule has 4 unspecified atom stereocenters. The molecule has 0 aromatic carbocycles. The van der Waals surface area contributed by atoms with Crippen LogP contribution in [0.25, 0.3) is 0 Å². The second-order valence-corrected chi connectivity index (χ2v) is 8.41. The number of carbonyl (C=O) groups excluding carboxylic acids is 5. The molecule has 14 heteroatoms. The molecule has 0 aliphatic carbocycles. The summed E-state index contributed by atoms with van der Waals surface area (Å²) in [6, 6.07) is -5.14. The van der Waals surface area contributed by atoms with E-state index in [1.165, 1.54) is 11.8 Å². The van der Waals surface area contributed by atoms with Crippen LogP contribution >= 0.6 is 11.8 Å². The molecule has 182 valence electrons. The molecule has 0 spiro atoms. The average molecular weight is 477 g/mol. The largest absolute Gasteiger partial charge is 0.480 e. The summed E-state index contributed by atoms with van der Waals surface area (Å²) in [6.07, 6.45) is 0.904. The van der Waals surface area contributed by atoms with E-state index >= 15 is 0 Å². The van der Waals surface area contributed by atoms with Gasteiger partial charge in [0.05, 0.1) is 18.9 Å². The summed E-state index contributed by atoms with van der Waals surface area (Å²) in [5, 5.41) is 16.2. The normalized spacial score (nSPS) is 14.5. The molecule has 0 saturated heterocycles. The van der Waals surface area contributed by atoms with Crippen LogP contribution in [-0.2, 0) is 28.8 Å². The molecule has 5 amide bonds. The fraction of sp³-hybridized carbons (Fsp3) is 0.667. The second kappa shape index (κ2) is 14.2. The lowest BCUT2D eigenvalue weighted by molar-refractivity contribution is -0.143. The Morgan fingerprint density at radius 1 is 0.844 bits per heavy atom. The highest BCUT2D eigenvalue weighted by Crippen LogP contribution is 2.06. The Morgan fingerprint density at radius 3 is 1.78 bits per heavy atom. The van der Waals surface area contributed by atoms with Crippen molar-refractivity contribution in [2.45, 2.75) is 57.3 Å². The quantitative estimate of drug-likeness (QED) is 0.127. The SMILES string of the molecule is CSCCC(NC(=O)C(N)CC(N)=O)C(=O)NC(CC(N)=O)C(=O)NC(C(=O)O)C(C)C. The summed E-state index contributed by atoms with van der Waals surface area (Å²) in [5.74, 6) is -5.54. The molecule has 0 aromatic heterocycles. The number of nitrogens with two attached hydrogens (primary N) is 3. The van der Waals surface area contributed by atoms with E-state index in [9.17, 15) is 33.9 Å². The molecular formula is C18H32N6O7S. The van der Waals surface area contributed by atoms with E-state index in [0.717, 1.165) is 0 Å². The highest BCUT2D eigenvalue weighted by molar-refractivity contribution is 7.98. The van der Waals surface area contributed by atoms with Crippen molar-refractivity contribution in [3.05, 3.63) is 0 Å². The number of amides is 5. The zero-order valence-electron chi connectivity index (χ0n) is 18.3. The predicted octanol–water partition coefficient (Wildman–Crippen LogP) is -2.99. The second-order valence-electron chi connectivity index (χ2n) is 7.42. The summed E-state index contributed by atoms with van der Waals surface area (Å²) < 4.78 is 0. The number of carboxylic acids is 1. The number of rotatable bonds is 15.